The predicted octanol–water partition coefficient (Wildman–Crippen LogP) is 2.40. The summed E-state index contributed by atoms with van der Waals surface area (Å²) >= 11 is 7.82. The van der Waals surface area contributed by atoms with Gasteiger partial charge in [-0.15, -0.1) is 11.3 Å². The number of fused-ring (bicyclic) bond motifs is 1. The number of benzene rings is 1. The maximum atomic E-state index is 12.4. The first-order valence-corrected chi connectivity index (χ1v) is 10.1. The second kappa shape index (κ2) is 7.88. The molecule has 5 nitrogen and oxygen atoms in total. The lowest BCUT2D eigenvalue weighted by molar-refractivity contribution is -0.930. The molecule has 1 aromatic carbocycles. The number of nitrogens with zero attached hydrogens (tertiary/aromatic N) is 1. The molecule has 4 rings (SSSR count). The number of aromatic nitrogens is 2. The Kier molecular flexibility index (Phi) is 5.36. The van der Waals surface area contributed by atoms with E-state index in [0.717, 1.165) is 32.5 Å². The van der Waals surface area contributed by atoms with E-state index in [1.807, 2.05) is 0 Å². The molecule has 1 unspecified atom stereocenters. The van der Waals surface area contributed by atoms with E-state index < -0.39 is 0 Å². The van der Waals surface area contributed by atoms with Crippen LogP contribution in [0.3, 0.4) is 0 Å². The Balaban J connectivity index is 1.59. The van der Waals surface area contributed by atoms with Crippen LogP contribution in [0, 0.1) is 0 Å². The summed E-state index contributed by atoms with van der Waals surface area (Å²) in [6, 6.07) is 9.40. The van der Waals surface area contributed by atoms with Crippen LogP contribution in [-0.4, -0.2) is 29.2 Å². The van der Waals surface area contributed by atoms with Gasteiger partial charge in [0.05, 0.1) is 15.8 Å². The Morgan fingerprint density at radius 3 is 3.04 bits per heavy atom. The quantitative estimate of drug-likeness (QED) is 0.679. The molecular weight excluding hydrogens is 370 g/mol. The number of hydrogen-bond acceptors (Lipinski definition) is 4. The Bertz CT molecular complexity index is 936. The van der Waals surface area contributed by atoms with Crippen LogP contribution in [0.4, 0.5) is 0 Å². The van der Waals surface area contributed by atoms with E-state index in [9.17, 15) is 4.79 Å². The van der Waals surface area contributed by atoms with Gasteiger partial charge in [0.15, 0.2) is 5.82 Å². The smallest absolute Gasteiger partial charge is 0.258 e. The Hall–Kier alpha value is -1.73. The van der Waals surface area contributed by atoms with Crippen LogP contribution in [0.15, 0.2) is 40.5 Å². The second-order valence-electron chi connectivity index (χ2n) is 6.70. The molecule has 0 amide bonds. The van der Waals surface area contributed by atoms with Crippen LogP contribution < -0.4 is 10.5 Å². The van der Waals surface area contributed by atoms with Crippen molar-refractivity contribution in [3.05, 3.63) is 61.8 Å². The van der Waals surface area contributed by atoms with E-state index in [2.05, 4.69) is 27.5 Å². The molecule has 1 aliphatic rings. The van der Waals surface area contributed by atoms with Gasteiger partial charge in [-0.05, 0) is 42.5 Å². The lowest BCUT2D eigenvalue weighted by atomic mass is 10.2. The summed E-state index contributed by atoms with van der Waals surface area (Å²) in [5.74, 6) is 0.689. The molecule has 7 heteroatoms. The molecule has 2 atom stereocenters. The molecule has 0 saturated carbocycles. The van der Waals surface area contributed by atoms with E-state index in [4.69, 9.17) is 16.3 Å². The third kappa shape index (κ3) is 4.15. The highest BCUT2D eigenvalue weighted by Crippen LogP contribution is 2.15. The van der Waals surface area contributed by atoms with Crippen molar-refractivity contribution in [1.29, 1.82) is 0 Å². The molecule has 1 saturated heterocycles. The van der Waals surface area contributed by atoms with Gasteiger partial charge in [-0.25, -0.2) is 4.98 Å². The number of nitrogens with one attached hydrogen (secondary N) is 2. The second-order valence-corrected chi connectivity index (χ2v) is 8.16. The minimum Gasteiger partial charge on any atom is -0.372 e. The van der Waals surface area contributed by atoms with Gasteiger partial charge >= 0.3 is 0 Å². The lowest BCUT2D eigenvalue weighted by Crippen LogP contribution is -3.10. The van der Waals surface area contributed by atoms with Gasteiger partial charge in [0.25, 0.3) is 5.56 Å². The molecule has 0 bridgehead atoms. The maximum Gasteiger partial charge on any atom is 0.258 e. The zero-order valence-electron chi connectivity index (χ0n) is 14.3. The van der Waals surface area contributed by atoms with Gasteiger partial charge < -0.3 is 14.6 Å². The highest BCUT2D eigenvalue weighted by Gasteiger charge is 2.23. The summed E-state index contributed by atoms with van der Waals surface area (Å²) in [4.78, 5) is 22.6. The molecule has 3 aromatic rings. The van der Waals surface area contributed by atoms with Crippen molar-refractivity contribution in [3.8, 4) is 0 Å². The summed E-state index contributed by atoms with van der Waals surface area (Å²) in [5, 5.41) is 3.25. The van der Waals surface area contributed by atoms with E-state index >= 15 is 0 Å². The fourth-order valence-corrected chi connectivity index (χ4v) is 4.42. The number of aromatic amines is 1. The van der Waals surface area contributed by atoms with Gasteiger partial charge in [0.1, 0.15) is 25.7 Å². The Morgan fingerprint density at radius 2 is 2.27 bits per heavy atom. The van der Waals surface area contributed by atoms with E-state index in [0.29, 0.717) is 28.3 Å². The van der Waals surface area contributed by atoms with Crippen LogP contribution in [0.5, 0.6) is 0 Å². The first-order chi connectivity index (χ1) is 12.7. The molecule has 2 N–H and O–H groups in total. The summed E-state index contributed by atoms with van der Waals surface area (Å²) in [7, 11) is 0. The van der Waals surface area contributed by atoms with E-state index in [1.165, 1.54) is 9.78 Å². The molecule has 0 aliphatic carbocycles. The summed E-state index contributed by atoms with van der Waals surface area (Å²) < 4.78 is 5.82. The maximum absolute atomic E-state index is 12.4. The molecule has 0 spiro atoms. The van der Waals surface area contributed by atoms with Crippen molar-refractivity contribution < 1.29 is 9.64 Å². The fourth-order valence-electron chi connectivity index (χ4n) is 3.48. The van der Waals surface area contributed by atoms with E-state index in [-0.39, 0.29) is 11.7 Å². The minimum atomic E-state index is -0.116. The fraction of sp³-hybridized carbons (Fsp3) is 0.368. The van der Waals surface area contributed by atoms with Crippen LogP contribution >= 0.6 is 22.9 Å². The summed E-state index contributed by atoms with van der Waals surface area (Å²) in [6.07, 6.45) is 2.51. The summed E-state index contributed by atoms with van der Waals surface area (Å²) in [5.41, 5.74) is 0.526. The van der Waals surface area contributed by atoms with Crippen molar-refractivity contribution in [2.45, 2.75) is 32.0 Å². The molecule has 1 aliphatic heterocycles. The molecular formula is C19H21ClN3O2S+. The third-order valence-electron chi connectivity index (χ3n) is 4.68. The molecule has 136 valence electrons. The van der Waals surface area contributed by atoms with Gasteiger partial charge in [0, 0.05) is 11.6 Å². The molecule has 3 heterocycles. The first kappa shape index (κ1) is 17.7. The van der Waals surface area contributed by atoms with Crippen molar-refractivity contribution >= 4 is 33.8 Å². The van der Waals surface area contributed by atoms with Crippen LogP contribution in [-0.2, 0) is 17.8 Å². The highest BCUT2D eigenvalue weighted by atomic mass is 35.5. The molecule has 0 radical (unpaired) electrons. The number of quaternary nitrogens is 1. The van der Waals surface area contributed by atoms with Gasteiger partial charge in [-0.3, -0.25) is 4.79 Å². The third-order valence-corrected chi connectivity index (χ3v) is 5.79. The molecule has 2 aromatic heterocycles. The standard InChI is InChI=1S/C19H20ClN3O2S/c20-13-5-6-16-17(9-13)21-18(22-19(16)24)12-23(10-14-3-1-7-25-14)11-15-4-2-8-26-15/h2,4-6,8-9,14H,1,3,7,10-12H2,(H,21,22,24)/p+1/t14-/m0/s1. The first-order valence-electron chi connectivity index (χ1n) is 8.83. The van der Waals surface area contributed by atoms with Gasteiger partial charge in [-0.2, -0.15) is 0 Å². The van der Waals surface area contributed by atoms with Crippen LogP contribution in [0.1, 0.15) is 23.5 Å². The number of ether oxygens (including phenoxy) is 1. The number of H-pyrrole nitrogens is 1. The minimum absolute atomic E-state index is 0.116. The van der Waals surface area contributed by atoms with Gasteiger partial charge in [-0.1, -0.05) is 17.7 Å². The number of thiophene rings is 1. The van der Waals surface area contributed by atoms with Gasteiger partial charge in [0.2, 0.25) is 0 Å². The monoisotopic (exact) mass is 390 g/mol. The van der Waals surface area contributed by atoms with E-state index in [1.54, 1.807) is 29.5 Å². The Morgan fingerprint density at radius 1 is 1.35 bits per heavy atom. The zero-order valence-corrected chi connectivity index (χ0v) is 15.9. The SMILES string of the molecule is O=c1[nH]c(C[NH+](Cc2cccs2)C[C@@H]2CCCO2)nc2cc(Cl)ccc12. The van der Waals surface area contributed by atoms with Crippen molar-refractivity contribution in [3.63, 3.8) is 0 Å². The van der Waals surface area contributed by atoms with Crippen molar-refractivity contribution in [2.75, 3.05) is 13.2 Å². The van der Waals surface area contributed by atoms with Crippen molar-refractivity contribution in [1.82, 2.24) is 9.97 Å². The predicted molar refractivity (Wildman–Crippen MR) is 104 cm³/mol. The average molecular weight is 391 g/mol. The number of halogens is 1. The normalized spacial score (nSPS) is 18.4. The highest BCUT2D eigenvalue weighted by molar-refractivity contribution is 7.09. The molecule has 26 heavy (non-hydrogen) atoms. The largest absolute Gasteiger partial charge is 0.372 e. The zero-order chi connectivity index (χ0) is 17.9. The lowest BCUT2D eigenvalue weighted by Gasteiger charge is -2.21. The number of hydrogen-bond donors (Lipinski definition) is 2. The Labute approximate surface area is 160 Å². The van der Waals surface area contributed by atoms with Crippen LogP contribution in [0.2, 0.25) is 5.02 Å². The molecule has 1 fully saturated rings. The van der Waals surface area contributed by atoms with Crippen LogP contribution in [0.25, 0.3) is 10.9 Å². The topological polar surface area (TPSA) is 59.4 Å². The number of rotatable bonds is 6. The van der Waals surface area contributed by atoms with Crippen molar-refractivity contribution in [2.24, 2.45) is 0 Å². The summed E-state index contributed by atoms with van der Waals surface area (Å²) in [6.45, 7) is 3.31. The average Bonchev–Trinajstić information content (AvgIpc) is 3.28.